The minimum atomic E-state index is -0.612. The summed E-state index contributed by atoms with van der Waals surface area (Å²) in [5.41, 5.74) is 4.94. The van der Waals surface area contributed by atoms with Gasteiger partial charge in [-0.3, -0.25) is 10.1 Å². The van der Waals surface area contributed by atoms with Crippen molar-refractivity contribution in [3.8, 4) is 11.7 Å². The molecule has 0 fully saturated rings. The first-order valence-electron chi connectivity index (χ1n) is 3.50. The number of hydrogen-bond acceptors (Lipinski definition) is 7. The zero-order chi connectivity index (χ0) is 10.1. The van der Waals surface area contributed by atoms with Gasteiger partial charge in [-0.25, -0.2) is 0 Å². The second kappa shape index (κ2) is 2.83. The third kappa shape index (κ3) is 1.18. The summed E-state index contributed by atoms with van der Waals surface area (Å²) in [5.74, 6) is -0.316. The Hall–Kier alpha value is -2.38. The van der Waals surface area contributed by atoms with E-state index in [4.69, 9.17) is 10.2 Å². The SMILES string of the molecule is Nc1noc(-c2occc2[N+](=O)[O-])n1. The quantitative estimate of drug-likeness (QED) is 0.557. The zero-order valence-electron chi connectivity index (χ0n) is 6.71. The van der Waals surface area contributed by atoms with E-state index in [1.807, 2.05) is 0 Å². The molecule has 0 aliphatic rings. The molecule has 0 unspecified atom stereocenters. The van der Waals surface area contributed by atoms with Gasteiger partial charge in [0.1, 0.15) is 0 Å². The Kier molecular flexibility index (Phi) is 1.67. The first kappa shape index (κ1) is 8.23. The van der Waals surface area contributed by atoms with Crippen molar-refractivity contribution in [3.63, 3.8) is 0 Å². The molecule has 0 atom stereocenters. The predicted molar refractivity (Wildman–Crippen MR) is 43.1 cm³/mol. The number of furan rings is 1. The molecule has 0 radical (unpaired) electrons. The van der Waals surface area contributed by atoms with Crippen LogP contribution in [0.25, 0.3) is 11.7 Å². The largest absolute Gasteiger partial charge is 0.453 e. The molecule has 2 rings (SSSR count). The maximum absolute atomic E-state index is 10.5. The highest BCUT2D eigenvalue weighted by molar-refractivity contribution is 5.60. The lowest BCUT2D eigenvalue weighted by Gasteiger charge is -1.86. The zero-order valence-corrected chi connectivity index (χ0v) is 6.71. The summed E-state index contributed by atoms with van der Waals surface area (Å²) < 4.78 is 9.45. The third-order valence-corrected chi connectivity index (χ3v) is 1.48. The number of hydrogen-bond donors (Lipinski definition) is 1. The van der Waals surface area contributed by atoms with Gasteiger partial charge < -0.3 is 14.7 Å². The Morgan fingerprint density at radius 3 is 2.93 bits per heavy atom. The minimum absolute atomic E-state index is 0.0980. The molecule has 2 aromatic heterocycles. The van der Waals surface area contributed by atoms with Gasteiger partial charge in [0.05, 0.1) is 17.3 Å². The number of nitrogen functional groups attached to an aromatic ring is 1. The van der Waals surface area contributed by atoms with Gasteiger partial charge >= 0.3 is 11.6 Å². The molecule has 14 heavy (non-hydrogen) atoms. The molecule has 2 aromatic rings. The van der Waals surface area contributed by atoms with Crippen molar-refractivity contribution in [1.82, 2.24) is 10.1 Å². The Morgan fingerprint density at radius 1 is 1.57 bits per heavy atom. The van der Waals surface area contributed by atoms with Crippen LogP contribution >= 0.6 is 0 Å². The summed E-state index contributed by atoms with van der Waals surface area (Å²) in [6.07, 6.45) is 1.16. The van der Waals surface area contributed by atoms with Crippen LogP contribution in [0.5, 0.6) is 0 Å². The van der Waals surface area contributed by atoms with E-state index in [1.165, 1.54) is 6.07 Å². The molecule has 2 N–H and O–H groups in total. The minimum Gasteiger partial charge on any atom is -0.453 e. The standard InChI is InChI=1S/C6H4N4O4/c7-6-8-5(14-9-6)4-3(10(11)12)1-2-13-4/h1-2H,(H2,7,9). The Bertz CT molecular complexity index is 474. The molecule has 0 saturated carbocycles. The van der Waals surface area contributed by atoms with E-state index in [2.05, 4.69) is 14.7 Å². The molecule has 0 aromatic carbocycles. The summed E-state index contributed by atoms with van der Waals surface area (Å²) in [6, 6.07) is 1.19. The Balaban J connectivity index is 2.51. The summed E-state index contributed by atoms with van der Waals surface area (Å²) in [6.45, 7) is 0. The van der Waals surface area contributed by atoms with Crippen LogP contribution in [0.15, 0.2) is 21.3 Å². The van der Waals surface area contributed by atoms with Crippen LogP contribution in [-0.4, -0.2) is 15.1 Å². The van der Waals surface area contributed by atoms with Gasteiger partial charge in [-0.05, 0) is 5.16 Å². The van der Waals surface area contributed by atoms with E-state index in [0.717, 1.165) is 6.26 Å². The Morgan fingerprint density at radius 2 is 2.36 bits per heavy atom. The number of aromatic nitrogens is 2. The molecule has 0 bridgehead atoms. The van der Waals surface area contributed by atoms with Crippen LogP contribution in [0.1, 0.15) is 0 Å². The maximum atomic E-state index is 10.5. The van der Waals surface area contributed by atoms with Crippen molar-refractivity contribution in [2.75, 3.05) is 5.73 Å². The van der Waals surface area contributed by atoms with Crippen LogP contribution in [-0.2, 0) is 0 Å². The second-order valence-electron chi connectivity index (χ2n) is 2.35. The third-order valence-electron chi connectivity index (χ3n) is 1.48. The van der Waals surface area contributed by atoms with Gasteiger partial charge in [0.25, 0.3) is 11.7 Å². The molecule has 0 saturated heterocycles. The molecular formula is C6H4N4O4. The first-order chi connectivity index (χ1) is 6.68. The van der Waals surface area contributed by atoms with Gasteiger partial charge in [-0.2, -0.15) is 4.98 Å². The van der Waals surface area contributed by atoms with E-state index in [-0.39, 0.29) is 23.3 Å². The summed E-state index contributed by atoms with van der Waals surface area (Å²) in [5, 5.41) is 13.8. The first-order valence-corrected chi connectivity index (χ1v) is 3.50. The smallest absolute Gasteiger partial charge is 0.320 e. The van der Waals surface area contributed by atoms with Crippen LogP contribution in [0.3, 0.4) is 0 Å². The molecule has 2 heterocycles. The van der Waals surface area contributed by atoms with E-state index in [0.29, 0.717) is 0 Å². The molecular weight excluding hydrogens is 192 g/mol. The van der Waals surface area contributed by atoms with Crippen molar-refractivity contribution in [2.24, 2.45) is 0 Å². The molecule has 72 valence electrons. The number of nitro groups is 1. The number of anilines is 1. The lowest BCUT2D eigenvalue weighted by Crippen LogP contribution is -1.89. The highest BCUT2D eigenvalue weighted by Gasteiger charge is 2.23. The predicted octanol–water partition coefficient (Wildman–Crippen LogP) is 0.820. The highest BCUT2D eigenvalue weighted by Crippen LogP contribution is 2.29. The van der Waals surface area contributed by atoms with E-state index >= 15 is 0 Å². The number of rotatable bonds is 2. The monoisotopic (exact) mass is 196 g/mol. The van der Waals surface area contributed by atoms with Gasteiger partial charge in [0.15, 0.2) is 0 Å². The fraction of sp³-hybridized carbons (Fsp3) is 0. The average Bonchev–Trinajstić information content (AvgIpc) is 2.70. The summed E-state index contributed by atoms with van der Waals surface area (Å²) >= 11 is 0. The molecule has 8 heteroatoms. The normalized spacial score (nSPS) is 10.3. The molecule has 0 aliphatic carbocycles. The van der Waals surface area contributed by atoms with Crippen molar-refractivity contribution in [3.05, 3.63) is 22.4 Å². The fourth-order valence-electron chi connectivity index (χ4n) is 0.933. The van der Waals surface area contributed by atoms with Gasteiger partial charge in [-0.1, -0.05) is 0 Å². The number of nitrogens with zero attached hydrogens (tertiary/aromatic N) is 3. The van der Waals surface area contributed by atoms with Gasteiger partial charge in [0, 0.05) is 0 Å². The van der Waals surface area contributed by atoms with Gasteiger partial charge in [-0.15, -0.1) is 0 Å². The topological polar surface area (TPSA) is 121 Å². The summed E-state index contributed by atoms with van der Waals surface area (Å²) in [4.78, 5) is 13.5. The van der Waals surface area contributed by atoms with Gasteiger partial charge in [0.2, 0.25) is 0 Å². The lowest BCUT2D eigenvalue weighted by molar-refractivity contribution is -0.384. The second-order valence-corrected chi connectivity index (χ2v) is 2.35. The van der Waals surface area contributed by atoms with Crippen molar-refractivity contribution in [2.45, 2.75) is 0 Å². The van der Waals surface area contributed by atoms with E-state index in [1.54, 1.807) is 0 Å². The van der Waals surface area contributed by atoms with Crippen LogP contribution < -0.4 is 5.73 Å². The van der Waals surface area contributed by atoms with Crippen molar-refractivity contribution in [1.29, 1.82) is 0 Å². The van der Waals surface area contributed by atoms with Crippen molar-refractivity contribution >= 4 is 11.6 Å². The van der Waals surface area contributed by atoms with E-state index < -0.39 is 4.92 Å². The average molecular weight is 196 g/mol. The molecule has 0 spiro atoms. The Labute approximate surface area is 76.5 Å². The molecule has 0 aliphatic heterocycles. The molecule has 8 nitrogen and oxygen atoms in total. The summed E-state index contributed by atoms with van der Waals surface area (Å²) in [7, 11) is 0. The lowest BCUT2D eigenvalue weighted by atomic mass is 10.4. The highest BCUT2D eigenvalue weighted by atomic mass is 16.6. The molecule has 0 amide bonds. The van der Waals surface area contributed by atoms with Crippen LogP contribution in [0.2, 0.25) is 0 Å². The maximum Gasteiger partial charge on any atom is 0.320 e. The van der Waals surface area contributed by atoms with Crippen LogP contribution in [0, 0.1) is 10.1 Å². The fourth-order valence-corrected chi connectivity index (χ4v) is 0.933. The number of nitrogens with two attached hydrogens (primary N) is 1. The van der Waals surface area contributed by atoms with Crippen LogP contribution in [0.4, 0.5) is 11.6 Å². The van der Waals surface area contributed by atoms with Crippen molar-refractivity contribution < 1.29 is 13.9 Å². The van der Waals surface area contributed by atoms with E-state index in [9.17, 15) is 10.1 Å².